The number of hydrogen-bond acceptors (Lipinski definition) is 4. The van der Waals surface area contributed by atoms with Gasteiger partial charge in [0.1, 0.15) is 5.58 Å². The van der Waals surface area contributed by atoms with Crippen LogP contribution in [0, 0.1) is 36.0 Å². The molecule has 4 nitrogen and oxygen atoms in total. The molecule has 0 radical (unpaired) electrons. The lowest BCUT2D eigenvalue weighted by Crippen LogP contribution is -2.61. The molecule has 4 aromatic carbocycles. The van der Waals surface area contributed by atoms with Crippen LogP contribution < -0.4 is 31.7 Å². The average molecular weight is 942 g/mol. The van der Waals surface area contributed by atoms with Crippen molar-refractivity contribution in [2.24, 2.45) is 17.3 Å². The third kappa shape index (κ3) is 7.17. The minimum Gasteiger partial charge on any atom is -0.468 e. The molecule has 1 aromatic heterocycles. The van der Waals surface area contributed by atoms with E-state index in [9.17, 15) is 0 Å². The first-order valence-electron chi connectivity index (χ1n) is 27.5. The van der Waals surface area contributed by atoms with Crippen molar-refractivity contribution < 1.29 is 4.42 Å². The van der Waals surface area contributed by atoms with Gasteiger partial charge in [0.05, 0.1) is 23.3 Å². The van der Waals surface area contributed by atoms with Crippen molar-refractivity contribution in [3.63, 3.8) is 0 Å². The first-order valence-corrected chi connectivity index (χ1v) is 27.5. The van der Waals surface area contributed by atoms with E-state index in [1.165, 1.54) is 120 Å². The smallest absolute Gasteiger partial charge is 0.297 e. The second kappa shape index (κ2) is 14.9. The van der Waals surface area contributed by atoms with Crippen LogP contribution in [-0.2, 0) is 32.6 Å². The minimum atomic E-state index is -0.121. The Hall–Kier alpha value is -4.92. The maximum absolute atomic E-state index is 7.74. The molecule has 0 spiro atoms. The maximum Gasteiger partial charge on any atom is 0.297 e. The molecule has 12 rings (SSSR count). The molecule has 1 saturated carbocycles. The number of benzene rings is 4. The fourth-order valence-corrected chi connectivity index (χ4v) is 13.8. The molecule has 3 aliphatic heterocycles. The monoisotopic (exact) mass is 942 g/mol. The normalized spacial score (nSPS) is 25.0. The first kappa shape index (κ1) is 47.1. The van der Waals surface area contributed by atoms with E-state index in [0.29, 0.717) is 6.42 Å². The number of rotatable bonds is 5. The lowest BCUT2D eigenvalue weighted by molar-refractivity contribution is 0.332. The van der Waals surface area contributed by atoms with Crippen molar-refractivity contribution in [3.05, 3.63) is 116 Å². The molecule has 368 valence electrons. The highest BCUT2D eigenvalue weighted by Crippen LogP contribution is 2.56. The molecule has 1 N–H and O–H groups in total. The van der Waals surface area contributed by atoms with Crippen LogP contribution in [0.3, 0.4) is 0 Å². The zero-order valence-corrected chi connectivity index (χ0v) is 46.5. The van der Waals surface area contributed by atoms with E-state index in [0.717, 1.165) is 48.9 Å². The molecule has 2 fully saturated rings. The van der Waals surface area contributed by atoms with E-state index in [4.69, 9.17) is 4.42 Å². The Morgan fingerprint density at radius 1 is 0.704 bits per heavy atom. The summed E-state index contributed by atoms with van der Waals surface area (Å²) < 4.78 is 7.74. The van der Waals surface area contributed by atoms with Crippen molar-refractivity contribution in [3.8, 4) is 11.8 Å². The van der Waals surface area contributed by atoms with E-state index in [1.54, 1.807) is 0 Å². The number of furan rings is 1. The Labute approximate surface area is 427 Å². The van der Waals surface area contributed by atoms with Crippen molar-refractivity contribution in [1.82, 2.24) is 5.32 Å². The fourth-order valence-electron chi connectivity index (χ4n) is 13.8. The zero-order valence-electron chi connectivity index (χ0n) is 46.5. The summed E-state index contributed by atoms with van der Waals surface area (Å²) in [6.45, 7) is 41.8. The maximum atomic E-state index is 7.74. The van der Waals surface area contributed by atoms with Crippen LogP contribution in [0.15, 0.2) is 81.9 Å². The molecule has 5 heteroatoms. The Kier molecular flexibility index (Phi) is 9.87. The second-order valence-corrected chi connectivity index (χ2v) is 28.5. The van der Waals surface area contributed by atoms with Gasteiger partial charge in [0, 0.05) is 46.0 Å². The lowest BCUT2D eigenvalue weighted by atomic mass is 9.35. The van der Waals surface area contributed by atoms with Gasteiger partial charge in [-0.3, -0.25) is 0 Å². The van der Waals surface area contributed by atoms with Crippen LogP contribution in [0.2, 0.25) is 0 Å². The Morgan fingerprint density at radius 3 is 1.86 bits per heavy atom. The SMILES string of the molecule is CC1=C(N2c3cc(C(C)(C)C)ccc3B3c4oc5cc6c(cc5c4N(c4cc5c(cc4C)C(C)(C)CCC5(C)C)c4cc(C5(CC7C[C@H]7C)CN5)cc2c43)C(C)(C)CCC6(C)C)CC#CC(C(C)(C)C)=C1. The number of allylic oxidation sites excluding steroid dienone is 4. The largest absolute Gasteiger partial charge is 0.468 e. The number of nitrogens with one attached hydrogen (secondary N) is 1. The van der Waals surface area contributed by atoms with Crippen LogP contribution in [-0.4, -0.2) is 13.3 Å². The van der Waals surface area contributed by atoms with Gasteiger partial charge in [0.25, 0.3) is 6.71 Å². The summed E-state index contributed by atoms with van der Waals surface area (Å²) in [7, 11) is 0. The molecule has 1 saturated heterocycles. The molecule has 4 aliphatic carbocycles. The van der Waals surface area contributed by atoms with Gasteiger partial charge in [-0.15, -0.1) is 0 Å². The standard InChI is InChI=1S/C66H80BN3O/c1-38-27-41(38)36-66(37-68-66)44-31-54-57-55(32-44)70(52-34-48-46(29-40(52)3)62(10,11)23-25-64(48,14)15)58-45-33-47-49(65(16,17)26-24-63(47,12)13)35-56(45)71-59(58)67(57)50-22-21-43(61(7,8)9)30-53(50)69(54)51-20-18-19-42(28-39(51)2)60(4,5)6/h21-22,28-35,38,41,68H,20,23-27,36-37H2,1-17H3/t38-,41?,66?/m1/s1. The van der Waals surface area contributed by atoms with Gasteiger partial charge in [-0.25, -0.2) is 0 Å². The van der Waals surface area contributed by atoms with Crippen LogP contribution in [0.4, 0.5) is 28.4 Å². The van der Waals surface area contributed by atoms with E-state index in [-0.39, 0.29) is 44.7 Å². The van der Waals surface area contributed by atoms with Gasteiger partial charge in [-0.1, -0.05) is 134 Å². The average Bonchev–Trinajstić information content (AvgIpc) is 4.20. The number of nitrogens with zero attached hydrogens (tertiary/aromatic N) is 2. The molecule has 0 bridgehead atoms. The summed E-state index contributed by atoms with van der Waals surface area (Å²) in [6.07, 6.45) is 10.2. The Bertz CT molecular complexity index is 3280. The quantitative estimate of drug-likeness (QED) is 0.106. The lowest BCUT2D eigenvalue weighted by Gasteiger charge is -2.46. The molecule has 5 aromatic rings. The summed E-state index contributed by atoms with van der Waals surface area (Å²) in [4.78, 5) is 5.42. The van der Waals surface area contributed by atoms with Crippen molar-refractivity contribution in [1.29, 1.82) is 0 Å². The molecular formula is C66H80BN3O. The summed E-state index contributed by atoms with van der Waals surface area (Å²) in [6, 6.07) is 23.0. The Morgan fingerprint density at radius 2 is 1.28 bits per heavy atom. The second-order valence-electron chi connectivity index (χ2n) is 28.5. The van der Waals surface area contributed by atoms with Crippen molar-refractivity contribution in [2.75, 3.05) is 16.3 Å². The molecular weight excluding hydrogens is 862 g/mol. The zero-order chi connectivity index (χ0) is 50.5. The summed E-state index contributed by atoms with van der Waals surface area (Å²) in [5.74, 6) is 8.92. The van der Waals surface area contributed by atoms with Gasteiger partial charge in [-0.2, -0.15) is 0 Å². The topological polar surface area (TPSA) is 41.6 Å². The highest BCUT2D eigenvalue weighted by Gasteiger charge is 2.54. The number of fused-ring (bicyclic) bond motifs is 8. The van der Waals surface area contributed by atoms with Crippen LogP contribution in [0.25, 0.3) is 11.0 Å². The third-order valence-electron chi connectivity index (χ3n) is 19.3. The minimum absolute atomic E-state index is 0.0380. The van der Waals surface area contributed by atoms with Crippen LogP contribution >= 0.6 is 0 Å². The predicted octanol–water partition coefficient (Wildman–Crippen LogP) is 15.0. The molecule has 4 heterocycles. The summed E-state index contributed by atoms with van der Waals surface area (Å²) in [5, 5.41) is 5.28. The fraction of sp³-hybridized carbons (Fsp3) is 0.515. The molecule has 7 aliphatic rings. The number of anilines is 5. The third-order valence-corrected chi connectivity index (χ3v) is 19.3. The van der Waals surface area contributed by atoms with Gasteiger partial charge >= 0.3 is 0 Å². The molecule has 0 amide bonds. The van der Waals surface area contributed by atoms with E-state index < -0.39 is 0 Å². The van der Waals surface area contributed by atoms with Crippen molar-refractivity contribution in [2.45, 2.75) is 195 Å². The Balaban J connectivity index is 1.23. The first-order chi connectivity index (χ1) is 33.1. The number of hydrogen-bond donors (Lipinski definition) is 1. The van der Waals surface area contributed by atoms with Gasteiger partial charge in [-0.05, 0) is 195 Å². The van der Waals surface area contributed by atoms with Gasteiger partial charge in [0.15, 0.2) is 0 Å². The van der Waals surface area contributed by atoms with Crippen LogP contribution in [0.5, 0.6) is 0 Å². The van der Waals surface area contributed by atoms with E-state index in [1.807, 2.05) is 0 Å². The number of aryl methyl sites for hydroxylation is 1. The van der Waals surface area contributed by atoms with E-state index >= 15 is 0 Å². The highest BCUT2D eigenvalue weighted by atomic mass is 16.3. The van der Waals surface area contributed by atoms with Gasteiger partial charge < -0.3 is 19.5 Å². The summed E-state index contributed by atoms with van der Waals surface area (Å²) >= 11 is 0. The highest BCUT2D eigenvalue weighted by molar-refractivity contribution is 7.00. The molecule has 3 atom stereocenters. The molecule has 71 heavy (non-hydrogen) atoms. The van der Waals surface area contributed by atoms with Gasteiger partial charge in [0.2, 0.25) is 0 Å². The van der Waals surface area contributed by atoms with E-state index in [2.05, 4.69) is 205 Å². The molecule has 2 unspecified atom stereocenters. The summed E-state index contributed by atoms with van der Waals surface area (Å²) in [5.41, 5.74) is 24.8. The van der Waals surface area contributed by atoms with Crippen LogP contribution in [0.1, 0.15) is 195 Å². The predicted molar refractivity (Wildman–Crippen MR) is 302 cm³/mol. The van der Waals surface area contributed by atoms with Crippen molar-refractivity contribution >= 4 is 62.7 Å².